The fraction of sp³-hybridized carbons (Fsp3) is 0.571. The summed E-state index contributed by atoms with van der Waals surface area (Å²) < 4.78 is 8.62. The van der Waals surface area contributed by atoms with E-state index in [-0.39, 0.29) is 0 Å². The van der Waals surface area contributed by atoms with E-state index in [2.05, 4.69) is 66.9 Å². The zero-order valence-electron chi connectivity index (χ0n) is 15.8. The van der Waals surface area contributed by atoms with E-state index in [0.29, 0.717) is 0 Å². The number of rotatable bonds is 11. The Morgan fingerprint density at radius 2 is 1.54 bits per heavy atom. The first-order chi connectivity index (χ1) is 11.7. The maximum absolute atomic E-state index is 4.37. The van der Waals surface area contributed by atoms with Gasteiger partial charge in [0.25, 0.3) is 0 Å². The molecule has 0 saturated carbocycles. The van der Waals surface area contributed by atoms with E-state index in [0.717, 1.165) is 12.4 Å². The molecule has 3 heteroatoms. The van der Waals surface area contributed by atoms with Crippen LogP contribution in [0.25, 0.3) is 0 Å². The Balaban J connectivity index is 2.14. The van der Waals surface area contributed by atoms with Crippen LogP contribution in [-0.4, -0.2) is 27.9 Å². The molecule has 1 aromatic heterocycles. The molecule has 2 aromatic rings. The van der Waals surface area contributed by atoms with Crippen molar-refractivity contribution in [1.82, 2.24) is 9.55 Å². The molecular formula is C21H34N2Sn. The van der Waals surface area contributed by atoms with Crippen molar-refractivity contribution in [3.63, 3.8) is 0 Å². The second-order valence-electron chi connectivity index (χ2n) is 7.12. The third kappa shape index (κ3) is 5.37. The summed E-state index contributed by atoms with van der Waals surface area (Å²) in [6.07, 6.45) is 10.9. The SMILES string of the molecule is CCC[CH2][Sn]([CH2]CCC)([CH2]CCn1ccnc1C)[c]1ccccc1. The molecule has 0 amide bonds. The molecule has 0 saturated heterocycles. The zero-order valence-corrected chi connectivity index (χ0v) is 18.7. The van der Waals surface area contributed by atoms with Gasteiger partial charge in [-0.05, 0) is 0 Å². The number of hydrogen-bond donors (Lipinski definition) is 0. The molecule has 0 atom stereocenters. The molecule has 1 heterocycles. The van der Waals surface area contributed by atoms with Gasteiger partial charge in [-0.1, -0.05) is 0 Å². The molecule has 2 nitrogen and oxygen atoms in total. The van der Waals surface area contributed by atoms with Gasteiger partial charge in [0.15, 0.2) is 0 Å². The quantitative estimate of drug-likeness (QED) is 0.426. The minimum absolute atomic E-state index is 1.13. The van der Waals surface area contributed by atoms with Gasteiger partial charge in [-0.3, -0.25) is 0 Å². The van der Waals surface area contributed by atoms with E-state index >= 15 is 0 Å². The van der Waals surface area contributed by atoms with Crippen molar-refractivity contribution in [3.8, 4) is 0 Å². The standard InChI is InChI=1S/C7H11N2.C6H5.2C4H9.Sn/c1-3-5-9-6-4-8-7(9)2;1-2-4-6-5-3-1;2*1-3-4-2;/h4,6H,1,3,5H2,2H3;1-5H;2*1,3-4H2,2H3;. The second-order valence-corrected chi connectivity index (χ2v) is 20.4. The number of hydrogen-bond acceptors (Lipinski definition) is 1. The summed E-state index contributed by atoms with van der Waals surface area (Å²) in [6.45, 7) is 7.93. The van der Waals surface area contributed by atoms with Crippen LogP contribution in [0.2, 0.25) is 13.3 Å². The second kappa shape index (κ2) is 10.3. The Bertz CT molecular complexity index is 569. The summed E-state index contributed by atoms with van der Waals surface area (Å²) in [7, 11) is 0. The molecule has 0 aliphatic carbocycles. The molecule has 0 fully saturated rings. The van der Waals surface area contributed by atoms with E-state index < -0.39 is 18.4 Å². The molecule has 2 rings (SSSR count). The average Bonchev–Trinajstić information content (AvgIpc) is 3.03. The van der Waals surface area contributed by atoms with Crippen molar-refractivity contribution < 1.29 is 0 Å². The molecule has 0 N–H and O–H groups in total. The van der Waals surface area contributed by atoms with E-state index in [1.807, 2.05) is 6.20 Å². The van der Waals surface area contributed by atoms with Crippen molar-refractivity contribution in [2.45, 2.75) is 72.7 Å². The predicted molar refractivity (Wildman–Crippen MR) is 108 cm³/mol. The Labute approximate surface area is 152 Å². The summed E-state index contributed by atoms with van der Waals surface area (Å²) in [5.41, 5.74) is 0. The third-order valence-electron chi connectivity index (χ3n) is 5.38. The minimum atomic E-state index is -2.29. The number of aromatic nitrogens is 2. The fourth-order valence-corrected chi connectivity index (χ4v) is 19.3. The van der Waals surface area contributed by atoms with Gasteiger partial charge in [0, 0.05) is 0 Å². The summed E-state index contributed by atoms with van der Waals surface area (Å²) in [5.74, 6) is 1.15. The molecule has 0 unspecified atom stereocenters. The van der Waals surface area contributed by atoms with E-state index in [1.165, 1.54) is 45.4 Å². The molecule has 0 aliphatic heterocycles. The molecule has 132 valence electrons. The average molecular weight is 433 g/mol. The molecular weight excluding hydrogens is 399 g/mol. The van der Waals surface area contributed by atoms with Gasteiger partial charge in [-0.15, -0.1) is 0 Å². The van der Waals surface area contributed by atoms with Gasteiger partial charge in [-0.2, -0.15) is 0 Å². The number of aryl methyl sites for hydroxylation is 2. The normalized spacial score (nSPS) is 11.8. The van der Waals surface area contributed by atoms with Gasteiger partial charge in [0.2, 0.25) is 0 Å². The Morgan fingerprint density at radius 1 is 0.917 bits per heavy atom. The number of benzene rings is 1. The summed E-state index contributed by atoms with van der Waals surface area (Å²) in [5, 5.41) is 0. The summed E-state index contributed by atoms with van der Waals surface area (Å²) >= 11 is -2.29. The Hall–Kier alpha value is -0.771. The first-order valence-corrected chi connectivity index (χ1v) is 17.2. The van der Waals surface area contributed by atoms with Crippen LogP contribution in [-0.2, 0) is 6.54 Å². The third-order valence-corrected chi connectivity index (χ3v) is 21.1. The fourth-order valence-electron chi connectivity index (χ4n) is 3.86. The predicted octanol–water partition coefficient (Wildman–Crippen LogP) is 5.54. The zero-order chi connectivity index (χ0) is 17.3. The van der Waals surface area contributed by atoms with Gasteiger partial charge >= 0.3 is 153 Å². The first kappa shape index (κ1) is 19.6. The van der Waals surface area contributed by atoms with Crippen LogP contribution in [0, 0.1) is 6.92 Å². The van der Waals surface area contributed by atoms with E-state index in [4.69, 9.17) is 0 Å². The summed E-state index contributed by atoms with van der Waals surface area (Å²) in [4.78, 5) is 4.37. The topological polar surface area (TPSA) is 17.8 Å². The number of unbranched alkanes of at least 4 members (excludes halogenated alkanes) is 2. The van der Waals surface area contributed by atoms with Crippen LogP contribution >= 0.6 is 0 Å². The van der Waals surface area contributed by atoms with Crippen molar-refractivity contribution in [1.29, 1.82) is 0 Å². The molecule has 0 bridgehead atoms. The van der Waals surface area contributed by atoms with Crippen molar-refractivity contribution in [2.75, 3.05) is 0 Å². The van der Waals surface area contributed by atoms with Crippen molar-refractivity contribution >= 4 is 22.0 Å². The van der Waals surface area contributed by atoms with Gasteiger partial charge < -0.3 is 0 Å². The van der Waals surface area contributed by atoms with Crippen LogP contribution in [0.15, 0.2) is 42.7 Å². The van der Waals surface area contributed by atoms with Crippen molar-refractivity contribution in [3.05, 3.63) is 48.5 Å². The number of nitrogens with zero attached hydrogens (tertiary/aromatic N) is 2. The Kier molecular flexibility index (Phi) is 8.37. The van der Waals surface area contributed by atoms with Crippen LogP contribution in [0.5, 0.6) is 0 Å². The van der Waals surface area contributed by atoms with Crippen LogP contribution in [0.4, 0.5) is 0 Å². The van der Waals surface area contributed by atoms with Crippen LogP contribution < -0.4 is 3.58 Å². The maximum atomic E-state index is 4.37. The van der Waals surface area contributed by atoms with Gasteiger partial charge in [0.05, 0.1) is 0 Å². The van der Waals surface area contributed by atoms with E-state index in [9.17, 15) is 0 Å². The molecule has 1 aromatic carbocycles. The summed E-state index contributed by atoms with van der Waals surface area (Å²) in [6, 6.07) is 11.6. The monoisotopic (exact) mass is 434 g/mol. The number of imidazole rings is 1. The van der Waals surface area contributed by atoms with E-state index in [1.54, 1.807) is 3.58 Å². The molecule has 0 radical (unpaired) electrons. The first-order valence-electron chi connectivity index (χ1n) is 9.75. The van der Waals surface area contributed by atoms with Crippen LogP contribution in [0.3, 0.4) is 0 Å². The van der Waals surface area contributed by atoms with Crippen molar-refractivity contribution in [2.24, 2.45) is 0 Å². The Morgan fingerprint density at radius 3 is 2.08 bits per heavy atom. The van der Waals surface area contributed by atoms with Crippen LogP contribution in [0.1, 0.15) is 51.8 Å². The van der Waals surface area contributed by atoms with Gasteiger partial charge in [0.1, 0.15) is 0 Å². The molecule has 24 heavy (non-hydrogen) atoms. The molecule has 0 spiro atoms. The molecule has 0 aliphatic rings. The van der Waals surface area contributed by atoms with Gasteiger partial charge in [-0.25, -0.2) is 0 Å².